The Morgan fingerprint density at radius 1 is 1.28 bits per heavy atom. The van der Waals surface area contributed by atoms with E-state index in [0.29, 0.717) is 16.1 Å². The molecule has 0 radical (unpaired) electrons. The topological polar surface area (TPSA) is 53.8 Å². The SMILES string of the molecule is N#CC(C(=O)c1cccc(Cl)c1)c1ccncc1. The summed E-state index contributed by atoms with van der Waals surface area (Å²) in [5.74, 6) is -1.09. The zero-order valence-corrected chi connectivity index (χ0v) is 10.1. The van der Waals surface area contributed by atoms with E-state index in [-0.39, 0.29) is 5.78 Å². The molecule has 0 saturated carbocycles. The number of hydrogen-bond donors (Lipinski definition) is 0. The fourth-order valence-corrected chi connectivity index (χ4v) is 1.84. The Morgan fingerprint density at radius 2 is 2.00 bits per heavy atom. The molecule has 0 spiro atoms. The van der Waals surface area contributed by atoms with Gasteiger partial charge in [-0.3, -0.25) is 9.78 Å². The molecule has 1 aromatic heterocycles. The maximum absolute atomic E-state index is 12.2. The highest BCUT2D eigenvalue weighted by Crippen LogP contribution is 2.21. The van der Waals surface area contributed by atoms with Gasteiger partial charge in [-0.05, 0) is 29.8 Å². The van der Waals surface area contributed by atoms with E-state index in [0.717, 1.165) is 0 Å². The lowest BCUT2D eigenvalue weighted by Crippen LogP contribution is -2.11. The van der Waals surface area contributed by atoms with Crippen molar-refractivity contribution in [3.05, 3.63) is 64.9 Å². The number of hydrogen-bond acceptors (Lipinski definition) is 3. The van der Waals surface area contributed by atoms with E-state index in [1.54, 1.807) is 48.8 Å². The standard InChI is InChI=1S/C14H9ClN2O/c15-12-3-1-2-11(8-12)14(18)13(9-16)10-4-6-17-7-5-10/h1-8,13H. The van der Waals surface area contributed by atoms with E-state index in [1.807, 2.05) is 6.07 Å². The maximum atomic E-state index is 12.2. The van der Waals surface area contributed by atoms with Crippen molar-refractivity contribution in [3.8, 4) is 6.07 Å². The summed E-state index contributed by atoms with van der Waals surface area (Å²) < 4.78 is 0. The average Bonchev–Trinajstić information content (AvgIpc) is 2.41. The lowest BCUT2D eigenvalue weighted by atomic mass is 9.92. The Hall–Kier alpha value is -2.18. The van der Waals surface area contributed by atoms with Crippen molar-refractivity contribution in [1.82, 2.24) is 4.98 Å². The average molecular weight is 257 g/mol. The van der Waals surface area contributed by atoms with Crippen LogP contribution in [-0.4, -0.2) is 10.8 Å². The van der Waals surface area contributed by atoms with Gasteiger partial charge in [0.25, 0.3) is 0 Å². The second-order valence-corrected chi connectivity index (χ2v) is 4.15. The summed E-state index contributed by atoms with van der Waals surface area (Å²) in [5.41, 5.74) is 1.07. The third-order valence-electron chi connectivity index (χ3n) is 2.54. The van der Waals surface area contributed by atoms with Crippen LogP contribution in [0.3, 0.4) is 0 Å². The summed E-state index contributed by atoms with van der Waals surface area (Å²) in [6.45, 7) is 0. The van der Waals surface area contributed by atoms with Gasteiger partial charge in [0, 0.05) is 23.0 Å². The van der Waals surface area contributed by atoms with Crippen LogP contribution >= 0.6 is 11.6 Å². The summed E-state index contributed by atoms with van der Waals surface area (Å²) in [6.07, 6.45) is 3.12. The number of halogens is 1. The van der Waals surface area contributed by atoms with Crippen LogP contribution in [0.4, 0.5) is 0 Å². The van der Waals surface area contributed by atoms with E-state index < -0.39 is 5.92 Å². The highest BCUT2D eigenvalue weighted by atomic mass is 35.5. The largest absolute Gasteiger partial charge is 0.292 e. The maximum Gasteiger partial charge on any atom is 0.184 e. The molecule has 1 unspecified atom stereocenters. The van der Waals surface area contributed by atoms with Crippen LogP contribution in [-0.2, 0) is 0 Å². The molecule has 0 fully saturated rings. The van der Waals surface area contributed by atoms with Crippen molar-refractivity contribution in [1.29, 1.82) is 5.26 Å². The van der Waals surface area contributed by atoms with Gasteiger partial charge >= 0.3 is 0 Å². The fourth-order valence-electron chi connectivity index (χ4n) is 1.65. The Bertz CT molecular complexity index is 605. The number of rotatable bonds is 3. The van der Waals surface area contributed by atoms with Crippen LogP contribution in [0.1, 0.15) is 21.8 Å². The number of nitriles is 1. The van der Waals surface area contributed by atoms with Crippen LogP contribution in [0, 0.1) is 11.3 Å². The van der Waals surface area contributed by atoms with E-state index >= 15 is 0 Å². The summed E-state index contributed by atoms with van der Waals surface area (Å²) in [4.78, 5) is 16.1. The molecule has 1 atom stereocenters. The number of ketones is 1. The van der Waals surface area contributed by atoms with E-state index in [4.69, 9.17) is 16.9 Å². The minimum absolute atomic E-state index is 0.258. The number of benzene rings is 1. The second kappa shape index (κ2) is 5.44. The van der Waals surface area contributed by atoms with Crippen LogP contribution < -0.4 is 0 Å². The predicted octanol–water partition coefficient (Wildman–Crippen LogP) is 3.23. The Kier molecular flexibility index (Phi) is 3.71. The molecule has 0 amide bonds. The van der Waals surface area contributed by atoms with Gasteiger partial charge in [0.2, 0.25) is 0 Å². The van der Waals surface area contributed by atoms with Crippen molar-refractivity contribution >= 4 is 17.4 Å². The minimum atomic E-state index is -0.827. The third-order valence-corrected chi connectivity index (χ3v) is 2.77. The molecule has 1 aromatic carbocycles. The first-order chi connectivity index (χ1) is 8.72. The lowest BCUT2D eigenvalue weighted by molar-refractivity contribution is 0.0979. The van der Waals surface area contributed by atoms with Gasteiger partial charge in [-0.15, -0.1) is 0 Å². The Morgan fingerprint density at radius 3 is 2.61 bits per heavy atom. The van der Waals surface area contributed by atoms with Crippen LogP contribution in [0.25, 0.3) is 0 Å². The molecular weight excluding hydrogens is 248 g/mol. The molecule has 2 rings (SSSR count). The van der Waals surface area contributed by atoms with Gasteiger partial charge in [0.05, 0.1) is 6.07 Å². The number of carbonyl (C=O) groups excluding carboxylic acids is 1. The van der Waals surface area contributed by atoms with Gasteiger partial charge in [-0.25, -0.2) is 0 Å². The van der Waals surface area contributed by atoms with Crippen LogP contribution in [0.15, 0.2) is 48.8 Å². The highest BCUT2D eigenvalue weighted by molar-refractivity contribution is 6.31. The number of carbonyl (C=O) groups is 1. The summed E-state index contributed by atoms with van der Waals surface area (Å²) in [6, 6.07) is 11.9. The summed E-state index contributed by atoms with van der Waals surface area (Å²) in [5, 5.41) is 9.64. The van der Waals surface area contributed by atoms with Crippen LogP contribution in [0.2, 0.25) is 5.02 Å². The monoisotopic (exact) mass is 256 g/mol. The first-order valence-electron chi connectivity index (χ1n) is 5.31. The molecule has 2 aromatic rings. The molecule has 88 valence electrons. The van der Waals surface area contributed by atoms with Gasteiger partial charge in [-0.2, -0.15) is 5.26 Å². The normalized spacial score (nSPS) is 11.6. The van der Waals surface area contributed by atoms with E-state index in [1.165, 1.54) is 0 Å². The van der Waals surface area contributed by atoms with Crippen molar-refractivity contribution in [3.63, 3.8) is 0 Å². The quantitative estimate of drug-likeness (QED) is 0.793. The van der Waals surface area contributed by atoms with Gasteiger partial charge in [0.15, 0.2) is 5.78 Å². The smallest absolute Gasteiger partial charge is 0.184 e. The second-order valence-electron chi connectivity index (χ2n) is 3.72. The minimum Gasteiger partial charge on any atom is -0.292 e. The molecular formula is C14H9ClN2O. The van der Waals surface area contributed by atoms with Crippen molar-refractivity contribution < 1.29 is 4.79 Å². The molecule has 4 heteroatoms. The fraction of sp³-hybridized carbons (Fsp3) is 0.0714. The molecule has 3 nitrogen and oxygen atoms in total. The molecule has 0 bridgehead atoms. The lowest BCUT2D eigenvalue weighted by Gasteiger charge is -2.08. The van der Waals surface area contributed by atoms with Gasteiger partial charge in [-0.1, -0.05) is 23.7 Å². The zero-order valence-electron chi connectivity index (χ0n) is 9.38. The molecule has 0 saturated heterocycles. The van der Waals surface area contributed by atoms with E-state index in [9.17, 15) is 4.79 Å². The van der Waals surface area contributed by atoms with Crippen LogP contribution in [0.5, 0.6) is 0 Å². The van der Waals surface area contributed by atoms with E-state index in [2.05, 4.69) is 4.98 Å². The Labute approximate surface area is 110 Å². The molecule has 0 aliphatic heterocycles. The van der Waals surface area contributed by atoms with Crippen molar-refractivity contribution in [2.75, 3.05) is 0 Å². The molecule has 1 heterocycles. The number of nitrogens with zero attached hydrogens (tertiary/aromatic N) is 2. The molecule has 18 heavy (non-hydrogen) atoms. The third kappa shape index (κ3) is 2.55. The number of aromatic nitrogens is 1. The van der Waals surface area contributed by atoms with Crippen molar-refractivity contribution in [2.45, 2.75) is 5.92 Å². The van der Waals surface area contributed by atoms with Crippen molar-refractivity contribution in [2.24, 2.45) is 0 Å². The summed E-state index contributed by atoms with van der Waals surface area (Å²) in [7, 11) is 0. The highest BCUT2D eigenvalue weighted by Gasteiger charge is 2.21. The number of Topliss-reactive ketones (excluding diaryl/α,β-unsaturated/α-hetero) is 1. The molecule has 0 aliphatic carbocycles. The predicted molar refractivity (Wildman–Crippen MR) is 68.4 cm³/mol. The Balaban J connectivity index is 2.36. The molecule has 0 aliphatic rings. The summed E-state index contributed by atoms with van der Waals surface area (Å²) >= 11 is 5.84. The number of pyridine rings is 1. The first-order valence-corrected chi connectivity index (χ1v) is 5.69. The first kappa shape index (κ1) is 12.3. The zero-order chi connectivity index (χ0) is 13.0. The van der Waals surface area contributed by atoms with Gasteiger partial charge in [0.1, 0.15) is 5.92 Å². The molecule has 0 N–H and O–H groups in total. The van der Waals surface area contributed by atoms with Gasteiger partial charge < -0.3 is 0 Å².